The van der Waals surface area contributed by atoms with E-state index in [4.69, 9.17) is 22.8 Å². The van der Waals surface area contributed by atoms with Crippen LogP contribution in [-0.2, 0) is 16.9 Å². The van der Waals surface area contributed by atoms with Gasteiger partial charge in [0.25, 0.3) is 0 Å². The molecular formula is C15H14ClFN2O3S. The molecule has 8 heteroatoms. The van der Waals surface area contributed by atoms with Gasteiger partial charge >= 0.3 is 0 Å². The minimum absolute atomic E-state index is 0.0212. The Kier molecular flexibility index (Phi) is 4.68. The van der Waals surface area contributed by atoms with Gasteiger partial charge in [-0.1, -0.05) is 17.5 Å². The van der Waals surface area contributed by atoms with Gasteiger partial charge in [-0.15, -0.1) is 6.42 Å². The molecule has 0 saturated heterocycles. The first kappa shape index (κ1) is 17.3. The minimum atomic E-state index is -3.50. The molecule has 0 bridgehead atoms. The van der Waals surface area contributed by atoms with E-state index in [2.05, 4.69) is 11.0 Å². The number of hydrogen-bond donors (Lipinski definition) is 0. The highest BCUT2D eigenvalue weighted by Crippen LogP contribution is 2.35. The van der Waals surface area contributed by atoms with Gasteiger partial charge in [-0.2, -0.15) is 5.10 Å². The number of terminal acetylenes is 1. The van der Waals surface area contributed by atoms with Gasteiger partial charge in [0.1, 0.15) is 18.2 Å². The second kappa shape index (κ2) is 6.22. The van der Waals surface area contributed by atoms with Crippen molar-refractivity contribution in [3.05, 3.63) is 28.5 Å². The van der Waals surface area contributed by atoms with Gasteiger partial charge in [0, 0.05) is 24.4 Å². The van der Waals surface area contributed by atoms with Crippen molar-refractivity contribution in [3.8, 4) is 29.4 Å². The van der Waals surface area contributed by atoms with Crippen LogP contribution in [0.25, 0.3) is 11.3 Å². The van der Waals surface area contributed by atoms with Crippen LogP contribution >= 0.6 is 11.6 Å². The van der Waals surface area contributed by atoms with Gasteiger partial charge < -0.3 is 4.74 Å². The molecule has 23 heavy (non-hydrogen) atoms. The molecule has 0 saturated carbocycles. The van der Waals surface area contributed by atoms with Crippen LogP contribution in [-0.4, -0.2) is 31.1 Å². The first-order valence-corrected chi connectivity index (χ1v) is 8.73. The molecule has 0 unspecified atom stereocenters. The van der Waals surface area contributed by atoms with Gasteiger partial charge in [-0.05, 0) is 19.1 Å². The van der Waals surface area contributed by atoms with Crippen LogP contribution in [0.4, 0.5) is 4.39 Å². The van der Waals surface area contributed by atoms with Crippen molar-refractivity contribution in [2.75, 3.05) is 12.9 Å². The molecule has 0 atom stereocenters. The third kappa shape index (κ3) is 3.33. The van der Waals surface area contributed by atoms with Crippen LogP contribution in [0, 0.1) is 25.1 Å². The maximum atomic E-state index is 14.3. The molecule has 2 rings (SSSR count). The van der Waals surface area contributed by atoms with Crippen molar-refractivity contribution in [1.29, 1.82) is 0 Å². The summed E-state index contributed by atoms with van der Waals surface area (Å²) in [4.78, 5) is 0. The van der Waals surface area contributed by atoms with E-state index in [9.17, 15) is 12.8 Å². The SMILES string of the molecule is C#CCOc1cc(-c2nn(C)c(S(C)(=O)=O)c2C)c(F)cc1Cl. The zero-order valence-corrected chi connectivity index (χ0v) is 14.3. The fourth-order valence-electron chi connectivity index (χ4n) is 2.33. The first-order valence-electron chi connectivity index (χ1n) is 6.46. The van der Waals surface area contributed by atoms with Crippen LogP contribution in [0.5, 0.6) is 5.75 Å². The fourth-order valence-corrected chi connectivity index (χ4v) is 3.71. The molecule has 1 heterocycles. The molecule has 5 nitrogen and oxygen atoms in total. The van der Waals surface area contributed by atoms with E-state index in [-0.39, 0.29) is 33.7 Å². The fraction of sp³-hybridized carbons (Fsp3) is 0.267. The molecule has 0 radical (unpaired) electrons. The number of sulfone groups is 1. The smallest absolute Gasteiger partial charge is 0.192 e. The predicted octanol–water partition coefficient (Wildman–Crippen LogP) is 2.60. The molecule has 0 amide bonds. The number of benzene rings is 1. The van der Waals surface area contributed by atoms with Gasteiger partial charge in [0.05, 0.1) is 10.7 Å². The molecule has 2 aromatic rings. The van der Waals surface area contributed by atoms with Crippen molar-refractivity contribution in [1.82, 2.24) is 9.78 Å². The Bertz CT molecular complexity index is 914. The van der Waals surface area contributed by atoms with E-state index in [0.29, 0.717) is 5.56 Å². The second-order valence-corrected chi connectivity index (χ2v) is 7.27. The lowest BCUT2D eigenvalue weighted by molar-refractivity contribution is 0.370. The van der Waals surface area contributed by atoms with Crippen molar-refractivity contribution < 1.29 is 17.5 Å². The maximum absolute atomic E-state index is 14.3. The van der Waals surface area contributed by atoms with Gasteiger partial charge in [0.2, 0.25) is 0 Å². The topological polar surface area (TPSA) is 61.2 Å². The van der Waals surface area contributed by atoms with Crippen LogP contribution in [0.3, 0.4) is 0 Å². The van der Waals surface area contributed by atoms with E-state index in [1.165, 1.54) is 17.8 Å². The molecule has 0 aliphatic heterocycles. The number of rotatable bonds is 4. The van der Waals surface area contributed by atoms with Crippen LogP contribution in [0.2, 0.25) is 5.02 Å². The number of nitrogens with zero attached hydrogens (tertiary/aromatic N) is 2. The molecular weight excluding hydrogens is 343 g/mol. The lowest BCUT2D eigenvalue weighted by atomic mass is 10.1. The average molecular weight is 357 g/mol. The van der Waals surface area contributed by atoms with Crippen LogP contribution in [0.15, 0.2) is 17.2 Å². The number of aromatic nitrogens is 2. The molecule has 0 aliphatic rings. The third-order valence-corrected chi connectivity index (χ3v) is 4.73. The van der Waals surface area contributed by atoms with E-state index in [0.717, 1.165) is 12.3 Å². The predicted molar refractivity (Wildman–Crippen MR) is 85.8 cm³/mol. The first-order chi connectivity index (χ1) is 10.7. The standard InChI is InChI=1S/C15H14ClFN2O3S/c1-5-6-22-13-7-10(12(17)8-11(13)16)14-9(2)15(19(3)18-14)23(4,20)21/h1,7-8H,6H2,2-4H3. The summed E-state index contributed by atoms with van der Waals surface area (Å²) < 4.78 is 44.4. The lowest BCUT2D eigenvalue weighted by Crippen LogP contribution is -2.06. The third-order valence-electron chi connectivity index (χ3n) is 3.16. The Morgan fingerprint density at radius 1 is 1.48 bits per heavy atom. The monoisotopic (exact) mass is 356 g/mol. The zero-order valence-electron chi connectivity index (χ0n) is 12.7. The average Bonchev–Trinajstić information content (AvgIpc) is 2.72. The van der Waals surface area contributed by atoms with Crippen LogP contribution < -0.4 is 4.74 Å². The Balaban J connectivity index is 2.66. The summed E-state index contributed by atoms with van der Waals surface area (Å²) >= 11 is 5.92. The largest absolute Gasteiger partial charge is 0.479 e. The molecule has 1 aromatic heterocycles. The molecule has 1 aromatic carbocycles. The Morgan fingerprint density at radius 3 is 2.65 bits per heavy atom. The van der Waals surface area contributed by atoms with Gasteiger partial charge in [-0.3, -0.25) is 4.68 Å². The highest BCUT2D eigenvalue weighted by Gasteiger charge is 2.24. The van der Waals surface area contributed by atoms with Gasteiger partial charge in [0.15, 0.2) is 14.9 Å². The lowest BCUT2D eigenvalue weighted by Gasteiger charge is -2.08. The molecule has 0 N–H and O–H groups in total. The molecule has 0 fully saturated rings. The van der Waals surface area contributed by atoms with Gasteiger partial charge in [-0.25, -0.2) is 12.8 Å². The summed E-state index contributed by atoms with van der Waals surface area (Å²) in [6, 6.07) is 2.44. The van der Waals surface area contributed by atoms with E-state index in [1.807, 2.05) is 0 Å². The quantitative estimate of drug-likeness (QED) is 0.790. The summed E-state index contributed by atoms with van der Waals surface area (Å²) in [5.41, 5.74) is 0.635. The van der Waals surface area contributed by atoms with E-state index >= 15 is 0 Å². The molecule has 0 spiro atoms. The second-order valence-electron chi connectivity index (χ2n) is 4.93. The van der Waals surface area contributed by atoms with E-state index in [1.54, 1.807) is 6.92 Å². The maximum Gasteiger partial charge on any atom is 0.192 e. The van der Waals surface area contributed by atoms with Crippen molar-refractivity contribution in [2.24, 2.45) is 7.05 Å². The Morgan fingerprint density at radius 2 is 2.13 bits per heavy atom. The number of ether oxygens (including phenoxy) is 1. The summed E-state index contributed by atoms with van der Waals surface area (Å²) in [6.45, 7) is 1.54. The number of halogens is 2. The Labute approximate surface area is 138 Å². The number of aryl methyl sites for hydroxylation is 1. The Hall–Kier alpha value is -2.04. The van der Waals surface area contributed by atoms with E-state index < -0.39 is 15.7 Å². The minimum Gasteiger partial charge on any atom is -0.479 e. The summed E-state index contributed by atoms with van der Waals surface area (Å²) in [5.74, 6) is 1.85. The molecule has 122 valence electrons. The highest BCUT2D eigenvalue weighted by molar-refractivity contribution is 7.90. The van der Waals surface area contributed by atoms with Crippen LogP contribution in [0.1, 0.15) is 5.56 Å². The van der Waals surface area contributed by atoms with Crippen molar-refractivity contribution in [2.45, 2.75) is 11.9 Å². The molecule has 0 aliphatic carbocycles. The number of hydrogen-bond acceptors (Lipinski definition) is 4. The zero-order chi connectivity index (χ0) is 17.4. The van der Waals surface area contributed by atoms with Crippen molar-refractivity contribution >= 4 is 21.4 Å². The summed E-state index contributed by atoms with van der Waals surface area (Å²) in [6.07, 6.45) is 6.20. The normalized spacial score (nSPS) is 11.3. The summed E-state index contributed by atoms with van der Waals surface area (Å²) in [5, 5.41) is 4.21. The van der Waals surface area contributed by atoms with Crippen molar-refractivity contribution in [3.63, 3.8) is 0 Å². The summed E-state index contributed by atoms with van der Waals surface area (Å²) in [7, 11) is -2.02. The highest BCUT2D eigenvalue weighted by atomic mass is 35.5.